The van der Waals surface area contributed by atoms with Gasteiger partial charge in [-0.05, 0) is 41.0 Å². The number of benzene rings is 3. The lowest BCUT2D eigenvalue weighted by Crippen LogP contribution is -2.40. The lowest BCUT2D eigenvalue weighted by Gasteiger charge is -2.26. The molecular formula is C31H27ClN4O4. The predicted molar refractivity (Wildman–Crippen MR) is 156 cm³/mol. The average Bonchev–Trinajstić information content (AvgIpc) is 3.72. The molecule has 40 heavy (non-hydrogen) atoms. The highest BCUT2D eigenvalue weighted by Crippen LogP contribution is 2.46. The highest BCUT2D eigenvalue weighted by molar-refractivity contribution is 6.19. The molecule has 0 saturated carbocycles. The molecule has 0 radical (unpaired) electrons. The molecule has 0 spiro atoms. The number of carbonyl (C=O) groups is 2. The van der Waals surface area contributed by atoms with Gasteiger partial charge in [0.15, 0.2) is 0 Å². The zero-order valence-corrected chi connectivity index (χ0v) is 22.4. The number of aromatic amines is 2. The largest absolute Gasteiger partial charge is 0.506 e. The highest BCUT2D eigenvalue weighted by Gasteiger charge is 2.36. The van der Waals surface area contributed by atoms with Crippen molar-refractivity contribution in [2.75, 3.05) is 43.6 Å². The number of ether oxygens (including phenoxy) is 1. The fraction of sp³-hybridized carbons (Fsp3) is 0.226. The average molecular weight is 555 g/mol. The van der Waals surface area contributed by atoms with Crippen LogP contribution in [0.2, 0.25) is 0 Å². The minimum Gasteiger partial charge on any atom is -0.506 e. The summed E-state index contributed by atoms with van der Waals surface area (Å²) >= 11 is 6.42. The second-order valence-corrected chi connectivity index (χ2v) is 10.6. The van der Waals surface area contributed by atoms with Gasteiger partial charge in [-0.3, -0.25) is 9.59 Å². The van der Waals surface area contributed by atoms with Crippen molar-refractivity contribution in [3.63, 3.8) is 0 Å². The number of carbonyl (C=O) groups excluding carboxylic acids is 2. The standard InChI is InChI=1S/C31H27ClN4O4/c32-16-21-17-36(31(39)24-13-20-12-19(6-7-23(20)33-24)18-4-2-1-3-5-18)26-15-27(37)29-22(28(21)26)14-25(34-29)30(38)35-8-10-40-11-9-35/h1-7,12-15,21,33-34,37H,8-11,16-17H2/t21-/m1/s1. The molecule has 0 aliphatic carbocycles. The van der Waals surface area contributed by atoms with Crippen molar-refractivity contribution in [1.82, 2.24) is 14.9 Å². The quantitative estimate of drug-likeness (QED) is 0.256. The molecule has 9 heteroatoms. The molecule has 1 saturated heterocycles. The minimum atomic E-state index is -0.203. The number of halogens is 1. The van der Waals surface area contributed by atoms with Crippen molar-refractivity contribution in [3.05, 3.63) is 83.7 Å². The number of phenolic OH excluding ortho intramolecular Hbond substituents is 1. The Balaban J connectivity index is 1.25. The number of hydrogen-bond acceptors (Lipinski definition) is 4. The smallest absolute Gasteiger partial charge is 0.274 e. The molecule has 1 atom stereocenters. The van der Waals surface area contributed by atoms with Gasteiger partial charge in [0, 0.05) is 53.8 Å². The number of phenols is 1. The second kappa shape index (κ2) is 9.73. The fourth-order valence-electron chi connectivity index (χ4n) is 5.92. The fourth-order valence-corrected chi connectivity index (χ4v) is 6.17. The Morgan fingerprint density at radius 1 is 0.925 bits per heavy atom. The molecule has 8 nitrogen and oxygen atoms in total. The van der Waals surface area contributed by atoms with Crippen molar-refractivity contribution >= 4 is 50.9 Å². The molecule has 3 N–H and O–H groups in total. The minimum absolute atomic E-state index is 0.0213. The zero-order valence-electron chi connectivity index (χ0n) is 21.6. The number of morpholine rings is 1. The van der Waals surface area contributed by atoms with Crippen LogP contribution in [-0.2, 0) is 4.74 Å². The molecule has 3 aromatic carbocycles. The van der Waals surface area contributed by atoms with E-state index in [9.17, 15) is 14.7 Å². The molecule has 4 heterocycles. The second-order valence-electron chi connectivity index (χ2n) is 10.3. The van der Waals surface area contributed by atoms with Crippen LogP contribution < -0.4 is 4.90 Å². The number of aromatic hydroxyl groups is 1. The summed E-state index contributed by atoms with van der Waals surface area (Å²) < 4.78 is 5.37. The van der Waals surface area contributed by atoms with Crippen LogP contribution in [0.3, 0.4) is 0 Å². The number of fused-ring (bicyclic) bond motifs is 4. The number of aromatic nitrogens is 2. The van der Waals surface area contributed by atoms with Crippen molar-refractivity contribution < 1.29 is 19.4 Å². The Kier molecular flexibility index (Phi) is 6.02. The summed E-state index contributed by atoms with van der Waals surface area (Å²) in [5.74, 6) is -0.229. The lowest BCUT2D eigenvalue weighted by atomic mass is 9.98. The van der Waals surface area contributed by atoms with Crippen molar-refractivity contribution in [2.24, 2.45) is 0 Å². The van der Waals surface area contributed by atoms with Gasteiger partial charge in [-0.15, -0.1) is 11.6 Å². The van der Waals surface area contributed by atoms with Gasteiger partial charge in [0.2, 0.25) is 0 Å². The molecule has 5 aromatic rings. The number of H-pyrrole nitrogens is 2. The van der Waals surface area contributed by atoms with Crippen LogP contribution in [0, 0.1) is 0 Å². The number of nitrogens with one attached hydrogen (secondary N) is 2. The Bertz CT molecular complexity index is 1770. The third-order valence-electron chi connectivity index (χ3n) is 7.93. The van der Waals surface area contributed by atoms with Crippen molar-refractivity contribution in [3.8, 4) is 16.9 Å². The molecular weight excluding hydrogens is 528 g/mol. The SMILES string of the molecule is O=C(c1cc2c3c(cc(O)c2[nH]1)N(C(=O)c1cc2cc(-c4ccccc4)ccc2[nH]1)C[C@H]3CCl)N1CCOCC1. The molecule has 2 aliphatic heterocycles. The Morgan fingerprint density at radius 3 is 2.48 bits per heavy atom. The Labute approximate surface area is 235 Å². The van der Waals surface area contributed by atoms with Gasteiger partial charge in [-0.1, -0.05) is 36.4 Å². The van der Waals surface area contributed by atoms with Crippen LogP contribution in [0.5, 0.6) is 5.75 Å². The molecule has 0 unspecified atom stereocenters. The van der Waals surface area contributed by atoms with Crippen LogP contribution in [0.15, 0.2) is 66.7 Å². The first-order valence-corrected chi connectivity index (χ1v) is 13.9. The molecule has 1 fully saturated rings. The first-order chi connectivity index (χ1) is 19.5. The van der Waals surface area contributed by atoms with Gasteiger partial charge in [0.05, 0.1) is 24.4 Å². The molecule has 0 bridgehead atoms. The first kappa shape index (κ1) is 24.7. The number of rotatable bonds is 4. The van der Waals surface area contributed by atoms with Crippen molar-refractivity contribution in [1.29, 1.82) is 0 Å². The van der Waals surface area contributed by atoms with Crippen molar-refractivity contribution in [2.45, 2.75) is 5.92 Å². The van der Waals surface area contributed by atoms with Crippen LogP contribution in [0.4, 0.5) is 5.69 Å². The number of amides is 2. The maximum absolute atomic E-state index is 13.9. The summed E-state index contributed by atoms with van der Waals surface area (Å²) in [6.07, 6.45) is 0. The van der Waals surface area contributed by atoms with E-state index in [1.807, 2.05) is 36.4 Å². The van der Waals surface area contributed by atoms with Gasteiger partial charge in [0.25, 0.3) is 11.8 Å². The third-order valence-corrected chi connectivity index (χ3v) is 8.31. The number of anilines is 1. The lowest BCUT2D eigenvalue weighted by molar-refractivity contribution is 0.0299. The van der Waals surface area contributed by atoms with Crippen LogP contribution >= 0.6 is 11.6 Å². The van der Waals surface area contributed by atoms with E-state index in [-0.39, 0.29) is 23.5 Å². The van der Waals surface area contributed by atoms with E-state index < -0.39 is 0 Å². The molecule has 7 rings (SSSR count). The van der Waals surface area contributed by atoms with E-state index in [0.29, 0.717) is 66.7 Å². The van der Waals surface area contributed by atoms with E-state index in [1.54, 1.807) is 21.9 Å². The van der Waals surface area contributed by atoms with E-state index >= 15 is 0 Å². The molecule has 202 valence electrons. The predicted octanol–water partition coefficient (Wildman–Crippen LogP) is 5.48. The van der Waals surface area contributed by atoms with E-state index in [0.717, 1.165) is 27.6 Å². The van der Waals surface area contributed by atoms with Gasteiger partial charge in [0.1, 0.15) is 17.1 Å². The molecule has 2 aromatic heterocycles. The normalized spacial score (nSPS) is 17.1. The third kappa shape index (κ3) is 4.03. The summed E-state index contributed by atoms with van der Waals surface area (Å²) in [7, 11) is 0. The zero-order chi connectivity index (χ0) is 27.4. The molecule has 2 amide bonds. The van der Waals surface area contributed by atoms with Crippen LogP contribution in [0.1, 0.15) is 32.5 Å². The first-order valence-electron chi connectivity index (χ1n) is 13.3. The van der Waals surface area contributed by atoms with E-state index in [4.69, 9.17) is 16.3 Å². The summed E-state index contributed by atoms with van der Waals surface area (Å²) in [4.78, 5) is 36.8. The summed E-state index contributed by atoms with van der Waals surface area (Å²) in [5, 5.41) is 12.6. The highest BCUT2D eigenvalue weighted by atomic mass is 35.5. The Morgan fingerprint density at radius 2 is 1.70 bits per heavy atom. The maximum atomic E-state index is 13.9. The van der Waals surface area contributed by atoms with Gasteiger partial charge in [-0.25, -0.2) is 0 Å². The van der Waals surface area contributed by atoms with E-state index in [1.165, 1.54) is 0 Å². The number of hydrogen-bond donors (Lipinski definition) is 3. The Hall–Kier alpha value is -4.27. The van der Waals surface area contributed by atoms with Gasteiger partial charge in [-0.2, -0.15) is 0 Å². The topological polar surface area (TPSA) is 102 Å². The van der Waals surface area contributed by atoms with Crippen LogP contribution in [-0.4, -0.2) is 70.5 Å². The monoisotopic (exact) mass is 554 g/mol. The number of nitrogens with zero attached hydrogens (tertiary/aromatic N) is 2. The summed E-state index contributed by atoms with van der Waals surface area (Å²) in [6, 6.07) is 21.4. The number of alkyl halides is 1. The van der Waals surface area contributed by atoms with Crippen LogP contribution in [0.25, 0.3) is 32.9 Å². The van der Waals surface area contributed by atoms with Gasteiger partial charge >= 0.3 is 0 Å². The summed E-state index contributed by atoms with van der Waals surface area (Å²) in [5.41, 5.74) is 5.83. The maximum Gasteiger partial charge on any atom is 0.274 e. The summed E-state index contributed by atoms with van der Waals surface area (Å²) in [6.45, 7) is 2.40. The van der Waals surface area contributed by atoms with Gasteiger partial charge < -0.3 is 29.6 Å². The molecule has 2 aliphatic rings. The van der Waals surface area contributed by atoms with E-state index in [2.05, 4.69) is 28.2 Å².